The van der Waals surface area contributed by atoms with Gasteiger partial charge in [0.05, 0.1) is 0 Å². The average Bonchev–Trinajstić information content (AvgIpc) is 2.76. The first-order valence-electron chi connectivity index (χ1n) is 9.02. The Labute approximate surface area is 142 Å². The zero-order valence-electron chi connectivity index (χ0n) is 14.1. The second-order valence-corrected chi connectivity index (χ2v) is 7.78. The SMILES string of the molecule is Cc1ccccc1C(=O)NNC(=O)N1CC2C[C@@H]3CC1C[C@H](C2)C3. The maximum atomic E-state index is 12.6. The van der Waals surface area contributed by atoms with Gasteiger partial charge in [0.2, 0.25) is 0 Å². The lowest BCUT2D eigenvalue weighted by atomic mass is 9.68. The second kappa shape index (κ2) is 6.11. The van der Waals surface area contributed by atoms with Gasteiger partial charge in [-0.1, -0.05) is 18.2 Å². The van der Waals surface area contributed by atoms with Crippen LogP contribution in [0.1, 0.15) is 48.0 Å². The Hall–Kier alpha value is -2.04. The lowest BCUT2D eigenvalue weighted by molar-refractivity contribution is 0.0919. The summed E-state index contributed by atoms with van der Waals surface area (Å²) in [5.41, 5.74) is 6.70. The molecule has 2 aliphatic heterocycles. The Balaban J connectivity index is 1.40. The zero-order chi connectivity index (χ0) is 16.7. The van der Waals surface area contributed by atoms with Crippen molar-refractivity contribution in [1.29, 1.82) is 0 Å². The lowest BCUT2D eigenvalue weighted by Gasteiger charge is -2.38. The maximum Gasteiger partial charge on any atom is 0.336 e. The summed E-state index contributed by atoms with van der Waals surface area (Å²) in [6, 6.07) is 7.57. The Kier molecular flexibility index (Phi) is 3.94. The molecule has 5 nitrogen and oxygen atoms in total. The second-order valence-electron chi connectivity index (χ2n) is 7.78. The first-order chi connectivity index (χ1) is 11.6. The minimum atomic E-state index is -0.262. The van der Waals surface area contributed by atoms with E-state index in [1.165, 1.54) is 19.3 Å². The first kappa shape index (κ1) is 15.5. The van der Waals surface area contributed by atoms with Crippen molar-refractivity contribution >= 4 is 11.9 Å². The van der Waals surface area contributed by atoms with Crippen LogP contribution >= 0.6 is 0 Å². The lowest BCUT2D eigenvalue weighted by Crippen LogP contribution is -2.52. The number of rotatable bonds is 1. The van der Waals surface area contributed by atoms with Gasteiger partial charge in [-0.25, -0.2) is 10.2 Å². The fourth-order valence-corrected chi connectivity index (χ4v) is 5.11. The molecule has 4 aliphatic rings. The summed E-state index contributed by atoms with van der Waals surface area (Å²) in [6.45, 7) is 2.73. The predicted molar refractivity (Wildman–Crippen MR) is 91.2 cm³/mol. The van der Waals surface area contributed by atoms with Crippen LogP contribution in [0.4, 0.5) is 4.79 Å². The van der Waals surface area contributed by atoms with Gasteiger partial charge in [0, 0.05) is 18.2 Å². The van der Waals surface area contributed by atoms with Crippen LogP contribution in [-0.2, 0) is 0 Å². The van der Waals surface area contributed by atoms with Crippen LogP contribution in [-0.4, -0.2) is 29.4 Å². The number of carbonyl (C=O) groups excluding carboxylic acids is 2. The fraction of sp³-hybridized carbons (Fsp3) is 0.579. The monoisotopic (exact) mass is 327 g/mol. The number of urea groups is 1. The number of hydrogen-bond acceptors (Lipinski definition) is 2. The Morgan fingerprint density at radius 3 is 2.33 bits per heavy atom. The molecule has 5 heteroatoms. The molecule has 2 aliphatic carbocycles. The minimum absolute atomic E-state index is 0.157. The van der Waals surface area contributed by atoms with Gasteiger partial charge in [0.25, 0.3) is 5.91 Å². The summed E-state index contributed by atoms with van der Waals surface area (Å²) in [7, 11) is 0. The summed E-state index contributed by atoms with van der Waals surface area (Å²) in [5.74, 6) is 1.97. The number of carbonyl (C=O) groups is 2. The number of amides is 3. The predicted octanol–water partition coefficient (Wildman–Crippen LogP) is 2.86. The summed E-state index contributed by atoms with van der Waals surface area (Å²) in [6.07, 6.45) is 6.16. The minimum Gasteiger partial charge on any atom is -0.320 e. The molecule has 1 aromatic rings. The Bertz CT molecular complexity index is 646. The summed E-state index contributed by atoms with van der Waals surface area (Å²) >= 11 is 0. The molecule has 2 saturated heterocycles. The van der Waals surface area contributed by atoms with Crippen LogP contribution in [0.2, 0.25) is 0 Å². The molecule has 2 saturated carbocycles. The number of fused-ring (bicyclic) bond motifs is 1. The van der Waals surface area contributed by atoms with Gasteiger partial charge in [-0.2, -0.15) is 0 Å². The van der Waals surface area contributed by atoms with Crippen molar-refractivity contribution in [2.75, 3.05) is 6.54 Å². The van der Waals surface area contributed by atoms with Crippen molar-refractivity contribution in [2.45, 2.75) is 45.1 Å². The largest absolute Gasteiger partial charge is 0.336 e. The molecule has 0 radical (unpaired) electrons. The average molecular weight is 327 g/mol. The first-order valence-corrected chi connectivity index (χ1v) is 9.02. The molecule has 0 spiro atoms. The van der Waals surface area contributed by atoms with Crippen molar-refractivity contribution < 1.29 is 9.59 Å². The van der Waals surface area contributed by atoms with Gasteiger partial charge < -0.3 is 4.90 Å². The normalized spacial score (nSPS) is 30.8. The van der Waals surface area contributed by atoms with E-state index in [1.54, 1.807) is 6.07 Å². The third-order valence-corrected chi connectivity index (χ3v) is 6.04. The van der Waals surface area contributed by atoms with E-state index in [0.29, 0.717) is 17.5 Å². The highest BCUT2D eigenvalue weighted by molar-refractivity contribution is 5.96. The van der Waals surface area contributed by atoms with Crippen molar-refractivity contribution in [1.82, 2.24) is 15.8 Å². The van der Waals surface area contributed by atoms with Gasteiger partial charge in [-0.15, -0.1) is 0 Å². The molecule has 4 bridgehead atoms. The van der Waals surface area contributed by atoms with E-state index in [9.17, 15) is 9.59 Å². The number of nitrogens with one attached hydrogen (secondary N) is 2. The van der Waals surface area contributed by atoms with E-state index in [4.69, 9.17) is 0 Å². The van der Waals surface area contributed by atoms with Crippen LogP contribution in [0.3, 0.4) is 0 Å². The van der Waals surface area contributed by atoms with Gasteiger partial charge in [-0.05, 0) is 68.4 Å². The third-order valence-electron chi connectivity index (χ3n) is 6.04. The maximum absolute atomic E-state index is 12.6. The highest BCUT2D eigenvalue weighted by atomic mass is 16.2. The Morgan fingerprint density at radius 2 is 1.62 bits per heavy atom. The van der Waals surface area contributed by atoms with E-state index in [0.717, 1.165) is 36.8 Å². The number of aryl methyl sites for hydroxylation is 1. The van der Waals surface area contributed by atoms with E-state index >= 15 is 0 Å². The molecule has 3 amide bonds. The highest BCUT2D eigenvalue weighted by Crippen LogP contribution is 2.47. The van der Waals surface area contributed by atoms with Crippen LogP contribution in [0.5, 0.6) is 0 Å². The molecule has 4 fully saturated rings. The number of hydrogen-bond donors (Lipinski definition) is 2. The van der Waals surface area contributed by atoms with Crippen LogP contribution in [0.15, 0.2) is 24.3 Å². The van der Waals surface area contributed by atoms with Crippen LogP contribution < -0.4 is 10.9 Å². The highest BCUT2D eigenvalue weighted by Gasteiger charge is 2.44. The molecule has 128 valence electrons. The molecule has 4 atom stereocenters. The van der Waals surface area contributed by atoms with Gasteiger partial charge in [-0.3, -0.25) is 10.2 Å². The van der Waals surface area contributed by atoms with E-state index in [1.807, 2.05) is 30.0 Å². The number of hydrazine groups is 1. The van der Waals surface area contributed by atoms with Gasteiger partial charge in [0.15, 0.2) is 0 Å². The molecule has 24 heavy (non-hydrogen) atoms. The molecule has 1 aromatic carbocycles. The van der Waals surface area contributed by atoms with E-state index in [-0.39, 0.29) is 11.9 Å². The Morgan fingerprint density at radius 1 is 0.958 bits per heavy atom. The van der Waals surface area contributed by atoms with Gasteiger partial charge in [0.1, 0.15) is 0 Å². The third kappa shape index (κ3) is 2.87. The smallest absolute Gasteiger partial charge is 0.320 e. The number of benzene rings is 1. The molecule has 0 aromatic heterocycles. The summed E-state index contributed by atoms with van der Waals surface area (Å²) in [4.78, 5) is 26.9. The van der Waals surface area contributed by atoms with Crippen LogP contribution in [0, 0.1) is 24.7 Å². The molecule has 5 rings (SSSR count). The number of nitrogens with zero attached hydrogens (tertiary/aromatic N) is 1. The zero-order valence-corrected chi connectivity index (χ0v) is 14.1. The topological polar surface area (TPSA) is 61.4 Å². The fourth-order valence-electron chi connectivity index (χ4n) is 5.11. The molecule has 2 heterocycles. The van der Waals surface area contributed by atoms with Crippen molar-refractivity contribution in [3.05, 3.63) is 35.4 Å². The van der Waals surface area contributed by atoms with Crippen LogP contribution in [0.25, 0.3) is 0 Å². The molecular formula is C19H25N3O2. The molecular weight excluding hydrogens is 302 g/mol. The van der Waals surface area contributed by atoms with Gasteiger partial charge >= 0.3 is 6.03 Å². The standard InChI is InChI=1S/C19H25N3O2/c1-12-4-2-3-5-17(12)18(23)20-21-19(24)22-11-15-7-13-6-14(8-15)10-16(22)9-13/h2-5,13-16H,6-11H2,1H3,(H,20,23)(H,21,24)/t13-,14+,15?,16?. The quantitative estimate of drug-likeness (QED) is 0.779. The van der Waals surface area contributed by atoms with Crippen molar-refractivity contribution in [2.24, 2.45) is 17.8 Å². The van der Waals surface area contributed by atoms with E-state index < -0.39 is 0 Å². The molecule has 2 N–H and O–H groups in total. The summed E-state index contributed by atoms with van der Waals surface area (Å²) < 4.78 is 0. The van der Waals surface area contributed by atoms with E-state index in [2.05, 4.69) is 10.9 Å². The van der Waals surface area contributed by atoms with Crippen molar-refractivity contribution in [3.8, 4) is 0 Å². The molecule has 2 unspecified atom stereocenters. The van der Waals surface area contributed by atoms with Crippen molar-refractivity contribution in [3.63, 3.8) is 0 Å². The summed E-state index contributed by atoms with van der Waals surface area (Å²) in [5, 5.41) is 0.